The third-order valence-corrected chi connectivity index (χ3v) is 21.7. The molecular formula is C63H108O51S. The summed E-state index contributed by atoms with van der Waals surface area (Å²) < 4.78 is 117. The van der Waals surface area contributed by atoms with Crippen LogP contribution in [-0.4, -0.2) is 544 Å². The van der Waals surface area contributed by atoms with Gasteiger partial charge in [0.25, 0.3) is 0 Å². The van der Waals surface area contributed by atoms with E-state index in [1.807, 2.05) is 0 Å². The lowest BCUT2D eigenvalue weighted by molar-refractivity contribution is -0.410. The van der Waals surface area contributed by atoms with Gasteiger partial charge in [0.05, 0.1) is 72.7 Å². The minimum absolute atomic E-state index is 0.124. The van der Waals surface area contributed by atoms with E-state index in [4.69, 9.17) is 94.7 Å². The SMILES string of the molecule is OCC1O[C@@H](OCC2O[C@H](OCCCS)C(O)[C@@H](O[C@@H]3OC(CO)[C@@H](O)[C@H](O)C3O)[C@@H]2O[C@@H]2OC(CO)[C@@H](O)[C@H](O)C2O[C@H]2OC(CO)[C@@H](O[C@@H]3OC(CO)[C@H](O[C@H]4OC(CO)[C@H](O)[C@H](O)C4O)[C@H](O)C3O)[C@H](O)C2O)[C@@H](O[C@H]2OC(CO)[C@@H](O[C@@H]3OC(CO)[C@H](O[C@H]4OC(CO)[C@H](O)[C@H](O)C4O)[C@H](O)C3O)[C@H](O)C2O)C(O)[C@@H]1O. The van der Waals surface area contributed by atoms with Gasteiger partial charge in [-0.2, -0.15) is 12.6 Å². The van der Waals surface area contributed by atoms with Gasteiger partial charge in [-0.15, -0.1) is 0 Å². The van der Waals surface area contributed by atoms with Gasteiger partial charge in [-0.25, -0.2) is 0 Å². The fourth-order valence-corrected chi connectivity index (χ4v) is 14.8. The molecule has 20 unspecified atom stereocenters. The van der Waals surface area contributed by atoms with Gasteiger partial charge in [-0.1, -0.05) is 0 Å². The Balaban J connectivity index is 0.902. The van der Waals surface area contributed by atoms with Crippen molar-refractivity contribution in [3.8, 4) is 0 Å². The van der Waals surface area contributed by atoms with Gasteiger partial charge in [0.1, 0.15) is 244 Å². The van der Waals surface area contributed by atoms with Gasteiger partial charge in [-0.05, 0) is 12.2 Å². The fourth-order valence-electron chi connectivity index (χ4n) is 14.7. The summed E-state index contributed by atoms with van der Waals surface area (Å²) in [5.74, 6) is 0.144. The molecule has 52 heteroatoms. The molecule has 10 rings (SSSR count). The highest BCUT2D eigenvalue weighted by atomic mass is 32.1. The third kappa shape index (κ3) is 20.5. The van der Waals surface area contributed by atoms with Crippen LogP contribution in [0, 0.1) is 0 Å². The van der Waals surface area contributed by atoms with Crippen molar-refractivity contribution in [3.05, 3.63) is 0 Å². The van der Waals surface area contributed by atoms with Crippen LogP contribution >= 0.6 is 12.6 Å². The summed E-state index contributed by atoms with van der Waals surface area (Å²) in [6.45, 7) is -11.1. The number of aliphatic hydroxyl groups is 31. The van der Waals surface area contributed by atoms with E-state index in [-0.39, 0.29) is 18.8 Å². The second-order valence-electron chi connectivity index (χ2n) is 29.0. The van der Waals surface area contributed by atoms with E-state index in [1.54, 1.807) is 0 Å². The summed E-state index contributed by atoms with van der Waals surface area (Å²) in [5, 5.41) is 340. The lowest BCUT2D eigenvalue weighted by Gasteiger charge is -2.51. The number of ether oxygens (including phenoxy) is 20. The lowest BCUT2D eigenvalue weighted by Crippen LogP contribution is -2.69. The van der Waals surface area contributed by atoms with Crippen molar-refractivity contribution in [3.63, 3.8) is 0 Å². The quantitative estimate of drug-likeness (QED) is 0.0220. The van der Waals surface area contributed by atoms with Gasteiger partial charge in [0, 0.05) is 0 Å². The van der Waals surface area contributed by atoms with E-state index in [9.17, 15) is 158 Å². The largest absolute Gasteiger partial charge is 0.394 e. The maximum absolute atomic E-state index is 12.4. The molecule has 0 aromatic carbocycles. The second kappa shape index (κ2) is 42.3. The predicted octanol–water partition coefficient (Wildman–Crippen LogP) is -21.5. The average molecular weight is 1710 g/mol. The molecule has 50 atom stereocenters. The summed E-state index contributed by atoms with van der Waals surface area (Å²) >= 11 is 4.19. The molecule has 672 valence electrons. The molecular weight excluding hydrogens is 1600 g/mol. The minimum Gasteiger partial charge on any atom is -0.394 e. The van der Waals surface area contributed by atoms with Crippen LogP contribution in [0.15, 0.2) is 0 Å². The molecule has 0 aromatic heterocycles. The van der Waals surface area contributed by atoms with E-state index < -0.39 is 373 Å². The van der Waals surface area contributed by atoms with Crippen molar-refractivity contribution in [1.29, 1.82) is 0 Å². The normalized spacial score (nSPS) is 52.3. The number of rotatable bonds is 32. The molecule has 0 amide bonds. The molecule has 0 bridgehead atoms. The van der Waals surface area contributed by atoms with Gasteiger partial charge in [0.15, 0.2) is 62.9 Å². The van der Waals surface area contributed by atoms with Crippen LogP contribution in [0.2, 0.25) is 0 Å². The van der Waals surface area contributed by atoms with E-state index in [2.05, 4.69) is 12.6 Å². The molecule has 51 nitrogen and oxygen atoms in total. The molecule has 10 saturated heterocycles. The number of aliphatic hydroxyl groups excluding tert-OH is 31. The Morgan fingerprint density at radius 2 is 0.400 bits per heavy atom. The highest BCUT2D eigenvalue weighted by Crippen LogP contribution is 2.41. The summed E-state index contributed by atoms with van der Waals surface area (Å²) in [6.07, 6.45) is -104. The van der Waals surface area contributed by atoms with Crippen LogP contribution in [0.3, 0.4) is 0 Å². The van der Waals surface area contributed by atoms with Crippen LogP contribution in [0.5, 0.6) is 0 Å². The van der Waals surface area contributed by atoms with Crippen molar-refractivity contribution in [1.82, 2.24) is 0 Å². The Bertz CT molecular complexity index is 2860. The minimum atomic E-state index is -2.46. The summed E-state index contributed by atoms with van der Waals surface area (Å²) in [4.78, 5) is 0. The maximum Gasteiger partial charge on any atom is 0.187 e. The highest BCUT2D eigenvalue weighted by Gasteiger charge is 2.62. The van der Waals surface area contributed by atoms with Gasteiger partial charge >= 0.3 is 0 Å². The Morgan fingerprint density at radius 1 is 0.183 bits per heavy atom. The smallest absolute Gasteiger partial charge is 0.187 e. The first kappa shape index (κ1) is 95.5. The highest BCUT2D eigenvalue weighted by molar-refractivity contribution is 7.80. The predicted molar refractivity (Wildman–Crippen MR) is 352 cm³/mol. The molecule has 10 aliphatic rings. The van der Waals surface area contributed by atoms with E-state index in [1.165, 1.54) is 0 Å². The van der Waals surface area contributed by atoms with E-state index >= 15 is 0 Å². The van der Waals surface area contributed by atoms with E-state index in [0.29, 0.717) is 0 Å². The fraction of sp³-hybridized carbons (Fsp3) is 1.00. The molecule has 115 heavy (non-hydrogen) atoms. The second-order valence-corrected chi connectivity index (χ2v) is 29.4. The Hall–Kier alpha value is -1.69. The van der Waals surface area contributed by atoms with E-state index in [0.717, 1.165) is 0 Å². The zero-order valence-electron chi connectivity index (χ0n) is 60.5. The topological polar surface area (TPSA) is 812 Å². The van der Waals surface area contributed by atoms with Crippen molar-refractivity contribution in [2.24, 2.45) is 0 Å². The standard InChI is InChI=1S/C63H108O51S/c64-4-14-24(73)29(78)38(87)55(97-14)107-46-19(9-69)102-58(41(90)34(46)83)109-48-21(11-71)104-60(43(92)36(48)85)113-52-32(81)27(76)17(7-67)100-62(52)96-13-23-50(51(45(94)54(106-23)95-2-1-3-115)112-57-40(89)31(80)26(75)16(6-66)99-57)111-63-53(33(82)28(77)18(8-68)101-63)114-61-44(93)37(86)49(22(12-72)105-61)110-59-42(91)35(84)47(20(10-70)103-59)108-56-39(88)30(79)25(74)15(5-65)98-56/h14-94,115H,1-13H2/t14?,15?,16?,17?,18?,19?,20?,21?,22?,23?,24-,25-,26+,27+,28+,29-,30-,31-,32?,33-,34+,35+,36+,37+,38?,39?,40?,41?,42?,43?,44?,45?,46-,47-,48+,49+,50+,51+,52-,53?,54-,55+,56+,57-,58-,59-,60+,61+,62+,63-/m0/s1. The van der Waals surface area contributed by atoms with Gasteiger partial charge in [-0.3, -0.25) is 0 Å². The molecule has 0 saturated carbocycles. The monoisotopic (exact) mass is 1710 g/mol. The zero-order valence-corrected chi connectivity index (χ0v) is 61.4. The Morgan fingerprint density at radius 3 is 0.696 bits per heavy atom. The van der Waals surface area contributed by atoms with Crippen molar-refractivity contribution in [2.45, 2.75) is 313 Å². The first-order valence-corrected chi connectivity index (χ1v) is 37.4. The Kier molecular flexibility index (Phi) is 35.2. The number of hydrogen-bond donors (Lipinski definition) is 32. The van der Waals surface area contributed by atoms with Crippen LogP contribution < -0.4 is 0 Å². The van der Waals surface area contributed by atoms with Crippen molar-refractivity contribution >= 4 is 12.6 Å². The van der Waals surface area contributed by atoms with Gasteiger partial charge in [0.2, 0.25) is 0 Å². The van der Waals surface area contributed by atoms with Crippen LogP contribution in [0.25, 0.3) is 0 Å². The average Bonchev–Trinajstić information content (AvgIpc) is 0.764. The molecule has 10 heterocycles. The molecule has 0 radical (unpaired) electrons. The van der Waals surface area contributed by atoms with Gasteiger partial charge < -0.3 is 253 Å². The first-order chi connectivity index (χ1) is 54.7. The summed E-state index contributed by atoms with van der Waals surface area (Å²) in [5.41, 5.74) is 0. The molecule has 10 aliphatic heterocycles. The van der Waals surface area contributed by atoms with Crippen molar-refractivity contribution in [2.75, 3.05) is 78.4 Å². The number of thiol groups is 1. The summed E-state index contributed by atoms with van der Waals surface area (Å²) in [6, 6.07) is 0. The molecule has 31 N–H and O–H groups in total. The molecule has 0 spiro atoms. The third-order valence-electron chi connectivity index (χ3n) is 21.4. The van der Waals surface area contributed by atoms with Crippen LogP contribution in [0.4, 0.5) is 0 Å². The maximum atomic E-state index is 12.4. The number of hydrogen-bond acceptors (Lipinski definition) is 52. The molecule has 0 aliphatic carbocycles. The summed E-state index contributed by atoms with van der Waals surface area (Å²) in [7, 11) is 0. The zero-order chi connectivity index (χ0) is 84.2. The van der Waals surface area contributed by atoms with Crippen molar-refractivity contribution < 1.29 is 253 Å². The molecule has 10 fully saturated rings. The molecule has 0 aromatic rings. The van der Waals surface area contributed by atoms with Crippen LogP contribution in [0.1, 0.15) is 6.42 Å². The first-order valence-electron chi connectivity index (χ1n) is 36.8. The van der Waals surface area contributed by atoms with Crippen LogP contribution in [-0.2, 0) is 94.7 Å². The Labute approximate surface area is 655 Å². The lowest BCUT2D eigenvalue weighted by atomic mass is 9.95.